The molecule has 2 aromatic rings. The molecule has 1 N–H and O–H groups in total. The largest absolute Gasteiger partial charge is 0.336 e. The van der Waals surface area contributed by atoms with Gasteiger partial charge in [0.1, 0.15) is 5.82 Å². The maximum atomic E-state index is 13.1. The van der Waals surface area contributed by atoms with Crippen LogP contribution in [-0.4, -0.2) is 49.7 Å². The van der Waals surface area contributed by atoms with Gasteiger partial charge in [0.05, 0.1) is 23.8 Å². The van der Waals surface area contributed by atoms with Gasteiger partial charge in [-0.1, -0.05) is 6.92 Å². The molecular formula is C22H27N5O3. The number of hydrogen-bond acceptors (Lipinski definition) is 5. The Morgan fingerprint density at radius 2 is 2.13 bits per heavy atom. The van der Waals surface area contributed by atoms with Gasteiger partial charge in [0.2, 0.25) is 5.91 Å². The summed E-state index contributed by atoms with van der Waals surface area (Å²) in [6, 6.07) is 3.21. The van der Waals surface area contributed by atoms with Gasteiger partial charge >= 0.3 is 0 Å². The number of aromatic amines is 1. The third-order valence-corrected chi connectivity index (χ3v) is 5.90. The third-order valence-electron chi connectivity index (χ3n) is 5.90. The summed E-state index contributed by atoms with van der Waals surface area (Å²) in [5, 5.41) is 0. The first-order valence-electron chi connectivity index (χ1n) is 10.7. The normalized spacial score (nSPS) is 18.8. The van der Waals surface area contributed by atoms with Crippen LogP contribution in [0.1, 0.15) is 72.5 Å². The van der Waals surface area contributed by atoms with Crippen molar-refractivity contribution in [1.29, 1.82) is 0 Å². The minimum atomic E-state index is -0.286. The van der Waals surface area contributed by atoms with E-state index in [4.69, 9.17) is 4.98 Å². The molecule has 2 aliphatic rings. The zero-order valence-electron chi connectivity index (χ0n) is 17.3. The lowest BCUT2D eigenvalue weighted by molar-refractivity contribution is -0.132. The van der Waals surface area contributed by atoms with Gasteiger partial charge in [-0.2, -0.15) is 0 Å². The molecule has 0 spiro atoms. The first-order valence-corrected chi connectivity index (χ1v) is 10.7. The maximum Gasteiger partial charge on any atom is 0.256 e. The Kier molecular flexibility index (Phi) is 5.92. The maximum absolute atomic E-state index is 13.1. The van der Waals surface area contributed by atoms with E-state index in [1.54, 1.807) is 34.3 Å². The van der Waals surface area contributed by atoms with E-state index in [1.807, 2.05) is 6.92 Å². The van der Waals surface area contributed by atoms with Crippen LogP contribution in [0.4, 0.5) is 0 Å². The van der Waals surface area contributed by atoms with Crippen LogP contribution < -0.4 is 5.56 Å². The minimum Gasteiger partial charge on any atom is -0.336 e. The SMILES string of the molecule is CCCC(=O)N1CCc2c(nc([C@@H]3CCCCN3C(=O)c3cccnc3)[nH]c2=O)C1. The summed E-state index contributed by atoms with van der Waals surface area (Å²) in [6.07, 6.45) is 7.63. The molecule has 2 aromatic heterocycles. The van der Waals surface area contributed by atoms with Gasteiger partial charge in [-0.3, -0.25) is 19.4 Å². The number of pyridine rings is 1. The fraction of sp³-hybridized carbons (Fsp3) is 0.500. The number of likely N-dealkylation sites (tertiary alicyclic amines) is 1. The molecule has 0 radical (unpaired) electrons. The number of carbonyl (C=O) groups excluding carboxylic acids is 2. The van der Waals surface area contributed by atoms with Crippen LogP contribution in [0.2, 0.25) is 0 Å². The molecule has 1 fully saturated rings. The highest BCUT2D eigenvalue weighted by Gasteiger charge is 2.32. The van der Waals surface area contributed by atoms with Crippen LogP contribution in [0.5, 0.6) is 0 Å². The molecule has 4 heterocycles. The molecule has 2 aliphatic heterocycles. The van der Waals surface area contributed by atoms with Gasteiger partial charge in [-0.05, 0) is 44.2 Å². The molecule has 1 saturated heterocycles. The summed E-state index contributed by atoms with van der Waals surface area (Å²) in [5.74, 6) is 0.506. The van der Waals surface area contributed by atoms with E-state index in [0.717, 1.165) is 25.7 Å². The van der Waals surface area contributed by atoms with Crippen LogP contribution in [0.25, 0.3) is 0 Å². The first kappa shape index (κ1) is 20.3. The summed E-state index contributed by atoms with van der Waals surface area (Å²) in [5.41, 5.74) is 1.68. The number of aromatic nitrogens is 3. The van der Waals surface area contributed by atoms with E-state index in [-0.39, 0.29) is 23.4 Å². The number of hydrogen-bond donors (Lipinski definition) is 1. The smallest absolute Gasteiger partial charge is 0.256 e. The lowest BCUT2D eigenvalue weighted by Crippen LogP contribution is -2.42. The second-order valence-electron chi connectivity index (χ2n) is 7.94. The Bertz CT molecular complexity index is 988. The summed E-state index contributed by atoms with van der Waals surface area (Å²) in [7, 11) is 0. The molecule has 2 amide bonds. The second-order valence-corrected chi connectivity index (χ2v) is 7.94. The highest BCUT2D eigenvalue weighted by molar-refractivity contribution is 5.94. The molecule has 1 atom stereocenters. The highest BCUT2D eigenvalue weighted by atomic mass is 16.2. The zero-order chi connectivity index (χ0) is 21.1. The number of rotatable bonds is 4. The fourth-order valence-corrected chi connectivity index (χ4v) is 4.32. The molecule has 0 bridgehead atoms. The average molecular weight is 409 g/mol. The lowest BCUT2D eigenvalue weighted by atomic mass is 9.99. The van der Waals surface area contributed by atoms with Gasteiger partial charge in [0.15, 0.2) is 0 Å². The summed E-state index contributed by atoms with van der Waals surface area (Å²) in [4.78, 5) is 53.5. The van der Waals surface area contributed by atoms with E-state index < -0.39 is 0 Å². The predicted molar refractivity (Wildman–Crippen MR) is 111 cm³/mol. The molecule has 0 aliphatic carbocycles. The summed E-state index contributed by atoms with van der Waals surface area (Å²) < 4.78 is 0. The van der Waals surface area contributed by atoms with Crippen molar-refractivity contribution in [2.75, 3.05) is 13.1 Å². The van der Waals surface area contributed by atoms with E-state index in [0.29, 0.717) is 55.1 Å². The molecule has 4 rings (SSSR count). The topological polar surface area (TPSA) is 99.3 Å². The Morgan fingerprint density at radius 1 is 1.27 bits per heavy atom. The van der Waals surface area contributed by atoms with Crippen LogP contribution in [0, 0.1) is 0 Å². The van der Waals surface area contributed by atoms with Gasteiger partial charge < -0.3 is 14.8 Å². The van der Waals surface area contributed by atoms with E-state index in [2.05, 4.69) is 9.97 Å². The number of piperidine rings is 1. The average Bonchev–Trinajstić information content (AvgIpc) is 2.79. The molecule has 0 unspecified atom stereocenters. The van der Waals surface area contributed by atoms with E-state index >= 15 is 0 Å². The number of nitrogens with zero attached hydrogens (tertiary/aromatic N) is 4. The quantitative estimate of drug-likeness (QED) is 0.835. The van der Waals surface area contributed by atoms with E-state index in [1.165, 1.54) is 0 Å². The number of H-pyrrole nitrogens is 1. The van der Waals surface area contributed by atoms with Crippen molar-refractivity contribution in [3.8, 4) is 0 Å². The van der Waals surface area contributed by atoms with Crippen LogP contribution in [0.3, 0.4) is 0 Å². The standard InChI is InChI=1S/C22H27N5O3/c1-2-6-19(28)26-12-9-16-17(14-26)24-20(25-21(16)29)18-8-3-4-11-27(18)22(30)15-7-5-10-23-13-15/h5,7,10,13,18H,2-4,6,8-9,11-12,14H2,1H3,(H,24,25,29)/t18-/m0/s1. The van der Waals surface area contributed by atoms with Crippen molar-refractivity contribution < 1.29 is 9.59 Å². The number of carbonyl (C=O) groups is 2. The summed E-state index contributed by atoms with van der Waals surface area (Å²) >= 11 is 0. The minimum absolute atomic E-state index is 0.0952. The Balaban J connectivity index is 1.63. The first-order chi connectivity index (χ1) is 14.6. The number of amides is 2. The van der Waals surface area contributed by atoms with Gasteiger partial charge in [0.25, 0.3) is 11.5 Å². The highest BCUT2D eigenvalue weighted by Crippen LogP contribution is 2.30. The number of nitrogens with one attached hydrogen (secondary N) is 1. The Labute approximate surface area is 175 Å². The lowest BCUT2D eigenvalue weighted by Gasteiger charge is -2.36. The van der Waals surface area contributed by atoms with Crippen LogP contribution >= 0.6 is 0 Å². The second kappa shape index (κ2) is 8.77. The Hall–Kier alpha value is -3.03. The molecule has 8 heteroatoms. The van der Waals surface area contributed by atoms with E-state index in [9.17, 15) is 14.4 Å². The third kappa shape index (κ3) is 3.99. The van der Waals surface area contributed by atoms with Crippen molar-refractivity contribution >= 4 is 11.8 Å². The van der Waals surface area contributed by atoms with Crippen molar-refractivity contribution in [3.05, 3.63) is 57.5 Å². The molecule has 0 saturated carbocycles. The van der Waals surface area contributed by atoms with Gasteiger partial charge in [-0.15, -0.1) is 0 Å². The molecular weight excluding hydrogens is 382 g/mol. The fourth-order valence-electron chi connectivity index (χ4n) is 4.32. The van der Waals surface area contributed by atoms with Crippen molar-refractivity contribution in [1.82, 2.24) is 24.8 Å². The van der Waals surface area contributed by atoms with Crippen molar-refractivity contribution in [2.45, 2.75) is 58.0 Å². The summed E-state index contributed by atoms with van der Waals surface area (Å²) in [6.45, 7) is 3.49. The van der Waals surface area contributed by atoms with Crippen molar-refractivity contribution in [3.63, 3.8) is 0 Å². The zero-order valence-corrected chi connectivity index (χ0v) is 17.3. The predicted octanol–water partition coefficient (Wildman–Crippen LogP) is 2.22. The van der Waals surface area contributed by atoms with Crippen LogP contribution in [-0.2, 0) is 17.8 Å². The van der Waals surface area contributed by atoms with Gasteiger partial charge in [0, 0.05) is 37.5 Å². The number of fused-ring (bicyclic) bond motifs is 1. The molecule has 0 aromatic carbocycles. The van der Waals surface area contributed by atoms with Crippen molar-refractivity contribution in [2.24, 2.45) is 0 Å². The molecule has 8 nitrogen and oxygen atoms in total. The molecule has 158 valence electrons. The Morgan fingerprint density at radius 3 is 2.90 bits per heavy atom. The molecule has 30 heavy (non-hydrogen) atoms. The monoisotopic (exact) mass is 409 g/mol. The van der Waals surface area contributed by atoms with Crippen LogP contribution in [0.15, 0.2) is 29.3 Å². The van der Waals surface area contributed by atoms with Gasteiger partial charge in [-0.25, -0.2) is 4.98 Å².